The summed E-state index contributed by atoms with van der Waals surface area (Å²) in [7, 11) is 0. The Hall–Kier alpha value is -2.36. The highest BCUT2D eigenvalue weighted by Gasteiger charge is 2.05. The van der Waals surface area contributed by atoms with E-state index >= 15 is 0 Å². The zero-order valence-corrected chi connectivity index (χ0v) is 12.5. The molecule has 0 saturated carbocycles. The number of ether oxygens (including phenoxy) is 1. The van der Waals surface area contributed by atoms with Crippen molar-refractivity contribution < 1.29 is 4.74 Å². The third kappa shape index (κ3) is 4.31. The molecule has 2 aromatic rings. The number of nitrogens with one attached hydrogen (secondary N) is 1. The topological polar surface area (TPSA) is 72.0 Å². The quantitative estimate of drug-likeness (QED) is 0.625. The number of nitrogens with two attached hydrogens (primary N) is 1. The molecule has 4 nitrogen and oxygen atoms in total. The van der Waals surface area contributed by atoms with Crippen LogP contribution in [0.3, 0.4) is 0 Å². The highest BCUT2D eigenvalue weighted by atomic mass is 16.5. The van der Waals surface area contributed by atoms with E-state index in [0.29, 0.717) is 11.4 Å². The monoisotopic (exact) mass is 283 g/mol. The van der Waals surface area contributed by atoms with Crippen LogP contribution in [0, 0.1) is 12.3 Å². The zero-order valence-electron chi connectivity index (χ0n) is 12.5. The van der Waals surface area contributed by atoms with Crippen molar-refractivity contribution in [3.63, 3.8) is 0 Å². The maximum absolute atomic E-state index is 7.50. The maximum Gasteiger partial charge on any atom is 0.220 e. The lowest BCUT2D eigenvalue weighted by Gasteiger charge is -2.08. The number of amidine groups is 1. The fraction of sp³-hybridized carbons (Fsp3) is 0.294. The fourth-order valence-corrected chi connectivity index (χ4v) is 2.07. The highest BCUT2D eigenvalue weighted by Crippen LogP contribution is 2.22. The number of pyridine rings is 1. The van der Waals surface area contributed by atoms with Crippen LogP contribution in [0.2, 0.25) is 0 Å². The number of nitrogens with zero attached hydrogens (tertiary/aromatic N) is 1. The minimum absolute atomic E-state index is 0.0141. The predicted molar refractivity (Wildman–Crippen MR) is 85.1 cm³/mol. The van der Waals surface area contributed by atoms with Gasteiger partial charge in [-0.15, -0.1) is 0 Å². The standard InChI is InChI=1S/C17H21N3O/c1-3-4-5-13-6-8-15(9-7-13)21-16-11-14(17(18)19)10-12(2)20-16/h6-11H,3-5H2,1-2H3,(H3,18,19). The number of hydrogen-bond acceptors (Lipinski definition) is 3. The van der Waals surface area contributed by atoms with E-state index < -0.39 is 0 Å². The first-order valence-corrected chi connectivity index (χ1v) is 7.18. The summed E-state index contributed by atoms with van der Waals surface area (Å²) in [6.45, 7) is 4.04. The van der Waals surface area contributed by atoms with Gasteiger partial charge >= 0.3 is 0 Å². The molecule has 2 rings (SSSR count). The Labute approximate surface area is 125 Å². The Bertz CT molecular complexity index is 620. The molecule has 0 spiro atoms. The van der Waals surface area contributed by atoms with Crippen LogP contribution < -0.4 is 10.5 Å². The Balaban J connectivity index is 2.12. The fourth-order valence-electron chi connectivity index (χ4n) is 2.07. The van der Waals surface area contributed by atoms with Crippen LogP contribution in [-0.2, 0) is 6.42 Å². The van der Waals surface area contributed by atoms with Crippen LogP contribution in [0.25, 0.3) is 0 Å². The zero-order chi connectivity index (χ0) is 15.2. The normalized spacial score (nSPS) is 10.4. The third-order valence-electron chi connectivity index (χ3n) is 3.21. The number of aromatic nitrogens is 1. The summed E-state index contributed by atoms with van der Waals surface area (Å²) in [6.07, 6.45) is 3.48. The number of nitrogen functional groups attached to an aromatic ring is 1. The molecule has 0 aliphatic heterocycles. The number of benzene rings is 1. The van der Waals surface area contributed by atoms with Crippen LogP contribution in [-0.4, -0.2) is 10.8 Å². The molecule has 0 atom stereocenters. The first kappa shape index (κ1) is 15.0. The molecule has 1 aromatic carbocycles. The van der Waals surface area contributed by atoms with Gasteiger partial charge in [-0.3, -0.25) is 5.41 Å². The summed E-state index contributed by atoms with van der Waals surface area (Å²) >= 11 is 0. The molecular formula is C17H21N3O. The number of hydrogen-bond donors (Lipinski definition) is 2. The molecule has 0 bridgehead atoms. The summed E-state index contributed by atoms with van der Waals surface area (Å²) < 4.78 is 5.75. The van der Waals surface area contributed by atoms with Crippen molar-refractivity contribution in [2.75, 3.05) is 0 Å². The lowest BCUT2D eigenvalue weighted by molar-refractivity contribution is 0.461. The molecule has 3 N–H and O–H groups in total. The minimum Gasteiger partial charge on any atom is -0.439 e. The second-order valence-corrected chi connectivity index (χ2v) is 5.10. The molecule has 0 aliphatic rings. The van der Waals surface area contributed by atoms with Crippen LogP contribution in [0.1, 0.15) is 36.6 Å². The molecular weight excluding hydrogens is 262 g/mol. The summed E-state index contributed by atoms with van der Waals surface area (Å²) in [5.41, 5.74) is 8.22. The second kappa shape index (κ2) is 6.88. The lowest BCUT2D eigenvalue weighted by Crippen LogP contribution is -2.11. The Morgan fingerprint density at radius 2 is 1.95 bits per heavy atom. The van der Waals surface area contributed by atoms with E-state index in [1.54, 1.807) is 12.1 Å². The molecule has 4 heteroatoms. The van der Waals surface area contributed by atoms with Crippen molar-refractivity contribution in [1.29, 1.82) is 5.41 Å². The molecule has 21 heavy (non-hydrogen) atoms. The minimum atomic E-state index is 0.0141. The van der Waals surface area contributed by atoms with Crippen molar-refractivity contribution in [3.05, 3.63) is 53.2 Å². The van der Waals surface area contributed by atoms with E-state index in [4.69, 9.17) is 15.9 Å². The van der Waals surface area contributed by atoms with Crippen LogP contribution in [0.5, 0.6) is 11.6 Å². The first-order valence-electron chi connectivity index (χ1n) is 7.18. The number of aryl methyl sites for hydroxylation is 2. The molecule has 0 unspecified atom stereocenters. The molecule has 0 radical (unpaired) electrons. The first-order chi connectivity index (χ1) is 10.1. The van der Waals surface area contributed by atoms with E-state index in [9.17, 15) is 0 Å². The van der Waals surface area contributed by atoms with Gasteiger partial charge in [-0.2, -0.15) is 0 Å². The van der Waals surface area contributed by atoms with Gasteiger partial charge in [0.2, 0.25) is 5.88 Å². The lowest BCUT2D eigenvalue weighted by atomic mass is 10.1. The SMILES string of the molecule is CCCCc1ccc(Oc2cc(C(=N)N)cc(C)n2)cc1. The van der Waals surface area contributed by atoms with E-state index in [2.05, 4.69) is 24.0 Å². The van der Waals surface area contributed by atoms with E-state index in [-0.39, 0.29) is 5.84 Å². The maximum atomic E-state index is 7.50. The average Bonchev–Trinajstić information content (AvgIpc) is 2.46. The Morgan fingerprint density at radius 1 is 1.24 bits per heavy atom. The number of rotatable bonds is 6. The predicted octanol–water partition coefficient (Wildman–Crippen LogP) is 3.81. The van der Waals surface area contributed by atoms with Gasteiger partial charge < -0.3 is 10.5 Å². The number of unbranched alkanes of at least 4 members (excludes halogenated alkanes) is 1. The van der Waals surface area contributed by atoms with Crippen molar-refractivity contribution >= 4 is 5.84 Å². The van der Waals surface area contributed by atoms with Gasteiger partial charge in [-0.25, -0.2) is 4.98 Å². The van der Waals surface area contributed by atoms with Crippen molar-refractivity contribution in [1.82, 2.24) is 4.98 Å². The van der Waals surface area contributed by atoms with Crippen LogP contribution >= 0.6 is 0 Å². The summed E-state index contributed by atoms with van der Waals surface area (Å²) in [6, 6.07) is 11.5. The molecule has 0 saturated heterocycles. The average molecular weight is 283 g/mol. The molecule has 0 aliphatic carbocycles. The largest absolute Gasteiger partial charge is 0.439 e. The summed E-state index contributed by atoms with van der Waals surface area (Å²) in [5, 5.41) is 7.50. The third-order valence-corrected chi connectivity index (χ3v) is 3.21. The van der Waals surface area contributed by atoms with Crippen LogP contribution in [0.15, 0.2) is 36.4 Å². The molecule has 0 amide bonds. The molecule has 1 aromatic heterocycles. The van der Waals surface area contributed by atoms with E-state index in [0.717, 1.165) is 17.9 Å². The second-order valence-electron chi connectivity index (χ2n) is 5.10. The van der Waals surface area contributed by atoms with Gasteiger partial charge in [-0.05, 0) is 43.5 Å². The van der Waals surface area contributed by atoms with Gasteiger partial charge in [0.1, 0.15) is 11.6 Å². The van der Waals surface area contributed by atoms with Crippen molar-refractivity contribution in [2.45, 2.75) is 33.1 Å². The van der Waals surface area contributed by atoms with Gasteiger partial charge in [0.05, 0.1) is 0 Å². The van der Waals surface area contributed by atoms with Crippen molar-refractivity contribution in [3.8, 4) is 11.6 Å². The Morgan fingerprint density at radius 3 is 2.57 bits per heavy atom. The summed E-state index contributed by atoms with van der Waals surface area (Å²) in [5.74, 6) is 1.21. The van der Waals surface area contributed by atoms with Crippen LogP contribution in [0.4, 0.5) is 0 Å². The highest BCUT2D eigenvalue weighted by molar-refractivity contribution is 5.95. The van der Waals surface area contributed by atoms with E-state index in [1.165, 1.54) is 18.4 Å². The molecule has 0 fully saturated rings. The van der Waals surface area contributed by atoms with Gasteiger partial charge in [0.15, 0.2) is 0 Å². The smallest absolute Gasteiger partial charge is 0.220 e. The summed E-state index contributed by atoms with van der Waals surface area (Å²) in [4.78, 5) is 4.31. The van der Waals surface area contributed by atoms with Gasteiger partial charge in [0, 0.05) is 17.3 Å². The molecule has 1 heterocycles. The molecule has 110 valence electrons. The van der Waals surface area contributed by atoms with E-state index in [1.807, 2.05) is 19.1 Å². The Kier molecular flexibility index (Phi) is 4.93. The van der Waals surface area contributed by atoms with Gasteiger partial charge in [0.25, 0.3) is 0 Å². The van der Waals surface area contributed by atoms with Crippen molar-refractivity contribution in [2.24, 2.45) is 5.73 Å². The van der Waals surface area contributed by atoms with Gasteiger partial charge in [-0.1, -0.05) is 25.5 Å².